The van der Waals surface area contributed by atoms with Crippen LogP contribution in [0.3, 0.4) is 0 Å². The lowest BCUT2D eigenvalue weighted by Crippen LogP contribution is -2.51. The number of carbonyl (C=O) groups excluding carboxylic acids is 1. The zero-order valence-electron chi connectivity index (χ0n) is 12.1. The molecule has 0 aromatic heterocycles. The van der Waals surface area contributed by atoms with E-state index in [9.17, 15) is 23.1 Å². The van der Waals surface area contributed by atoms with Crippen molar-refractivity contribution in [2.24, 2.45) is 0 Å². The second-order valence-corrected chi connectivity index (χ2v) is 5.50. The molecule has 0 bridgehead atoms. The molecule has 9 heteroatoms. The summed E-state index contributed by atoms with van der Waals surface area (Å²) in [5.41, 5.74) is 0.425. The third kappa shape index (κ3) is 2.94. The first-order chi connectivity index (χ1) is 10.6. The maximum Gasteiger partial charge on any atom is 0.416 e. The van der Waals surface area contributed by atoms with E-state index in [1.165, 1.54) is 26.0 Å². The van der Waals surface area contributed by atoms with Gasteiger partial charge in [0.25, 0.3) is 0 Å². The Morgan fingerprint density at radius 3 is 2.61 bits per heavy atom. The fourth-order valence-corrected chi connectivity index (χ4v) is 2.69. The smallest absolute Gasteiger partial charge is 0.416 e. The molecule has 0 saturated carbocycles. The standard InChI is InChI=1S/C14H12ClF3N2O3/c1-6-9(4-3-8(5-19)10(6)15)20-11(7(2)23-13(20)22)12(21)14(16,17)18/h3-4,7,11-12,21H,1-2H3. The summed E-state index contributed by atoms with van der Waals surface area (Å²) in [5, 5.41) is 18.5. The number of cyclic esters (lactones) is 1. The van der Waals surface area contributed by atoms with E-state index >= 15 is 0 Å². The van der Waals surface area contributed by atoms with E-state index in [2.05, 4.69) is 0 Å². The molecule has 124 valence electrons. The van der Waals surface area contributed by atoms with E-state index in [4.69, 9.17) is 21.6 Å². The minimum absolute atomic E-state index is 0.0256. The summed E-state index contributed by atoms with van der Waals surface area (Å²) in [5.74, 6) is 0. The lowest BCUT2D eigenvalue weighted by Gasteiger charge is -2.30. The Kier molecular flexibility index (Phi) is 4.46. The van der Waals surface area contributed by atoms with E-state index in [-0.39, 0.29) is 21.8 Å². The van der Waals surface area contributed by atoms with E-state index in [1.807, 2.05) is 6.07 Å². The number of ether oxygens (including phenoxy) is 1. The van der Waals surface area contributed by atoms with Crippen LogP contribution in [-0.2, 0) is 4.74 Å². The van der Waals surface area contributed by atoms with E-state index < -0.39 is 30.5 Å². The van der Waals surface area contributed by atoms with Crippen molar-refractivity contribution in [1.29, 1.82) is 5.26 Å². The highest BCUT2D eigenvalue weighted by Crippen LogP contribution is 2.38. The summed E-state index contributed by atoms with van der Waals surface area (Å²) in [6, 6.07) is 2.78. The van der Waals surface area contributed by atoms with Crippen LogP contribution in [0.15, 0.2) is 12.1 Å². The van der Waals surface area contributed by atoms with Gasteiger partial charge in [-0.2, -0.15) is 18.4 Å². The van der Waals surface area contributed by atoms with Crippen molar-refractivity contribution < 1.29 is 27.8 Å². The van der Waals surface area contributed by atoms with Crippen LogP contribution >= 0.6 is 11.6 Å². The fourth-order valence-electron chi connectivity index (χ4n) is 2.49. The Morgan fingerprint density at radius 1 is 1.48 bits per heavy atom. The van der Waals surface area contributed by atoms with E-state index in [0.717, 1.165) is 4.90 Å². The molecule has 23 heavy (non-hydrogen) atoms. The Hall–Kier alpha value is -1.98. The topological polar surface area (TPSA) is 73.6 Å². The van der Waals surface area contributed by atoms with Gasteiger partial charge in [-0.1, -0.05) is 11.6 Å². The van der Waals surface area contributed by atoms with Gasteiger partial charge in [0.1, 0.15) is 18.2 Å². The van der Waals surface area contributed by atoms with Crippen molar-refractivity contribution in [2.75, 3.05) is 4.90 Å². The van der Waals surface area contributed by atoms with Crippen molar-refractivity contribution >= 4 is 23.4 Å². The highest BCUT2D eigenvalue weighted by molar-refractivity contribution is 6.33. The SMILES string of the molecule is Cc1c(N2C(=O)OC(C)C2C(O)C(F)(F)F)ccc(C#N)c1Cl. The number of amides is 1. The number of hydrogen-bond donors (Lipinski definition) is 1. The van der Waals surface area contributed by atoms with Crippen LogP contribution in [0.25, 0.3) is 0 Å². The molecule has 3 atom stereocenters. The number of hydrogen-bond acceptors (Lipinski definition) is 4. The van der Waals surface area contributed by atoms with Gasteiger partial charge in [-0.15, -0.1) is 0 Å². The van der Waals surface area contributed by atoms with E-state index in [0.29, 0.717) is 0 Å². The molecule has 0 spiro atoms. The van der Waals surface area contributed by atoms with Crippen LogP contribution < -0.4 is 4.90 Å². The van der Waals surface area contributed by atoms with Crippen molar-refractivity contribution in [3.8, 4) is 6.07 Å². The Labute approximate surface area is 134 Å². The van der Waals surface area contributed by atoms with Gasteiger partial charge in [0.05, 0.1) is 16.3 Å². The molecule has 0 radical (unpaired) electrons. The zero-order valence-corrected chi connectivity index (χ0v) is 12.8. The molecule has 1 saturated heterocycles. The van der Waals surface area contributed by atoms with Crippen LogP contribution in [0.1, 0.15) is 18.1 Å². The number of aliphatic hydroxyl groups excluding tert-OH is 1. The minimum atomic E-state index is -4.92. The molecule has 1 amide bonds. The number of nitriles is 1. The number of aliphatic hydroxyl groups is 1. The van der Waals surface area contributed by atoms with Crippen LogP contribution in [0.2, 0.25) is 5.02 Å². The monoisotopic (exact) mass is 348 g/mol. The molecule has 1 aliphatic heterocycles. The average Bonchev–Trinajstić information content (AvgIpc) is 2.74. The molecular weight excluding hydrogens is 337 g/mol. The van der Waals surface area contributed by atoms with Crippen LogP contribution in [0.4, 0.5) is 23.7 Å². The molecule has 1 aromatic carbocycles. The highest BCUT2D eigenvalue weighted by atomic mass is 35.5. The zero-order chi connectivity index (χ0) is 17.5. The van der Waals surface area contributed by atoms with Crippen molar-refractivity contribution in [1.82, 2.24) is 0 Å². The summed E-state index contributed by atoms with van der Waals surface area (Å²) < 4.78 is 43.5. The number of halogens is 4. The van der Waals surface area contributed by atoms with Crippen molar-refractivity contribution in [2.45, 2.75) is 38.3 Å². The second-order valence-electron chi connectivity index (χ2n) is 5.12. The molecule has 1 aliphatic rings. The molecule has 1 aromatic rings. The molecule has 5 nitrogen and oxygen atoms in total. The third-order valence-electron chi connectivity index (χ3n) is 3.66. The lowest BCUT2D eigenvalue weighted by atomic mass is 10.0. The Bertz CT molecular complexity index is 687. The quantitative estimate of drug-likeness (QED) is 0.891. The molecule has 0 aliphatic carbocycles. The average molecular weight is 349 g/mol. The lowest BCUT2D eigenvalue weighted by molar-refractivity contribution is -0.212. The maximum absolute atomic E-state index is 12.9. The Morgan fingerprint density at radius 2 is 2.09 bits per heavy atom. The molecule has 1 fully saturated rings. The summed E-state index contributed by atoms with van der Waals surface area (Å²) in [6.45, 7) is 2.73. The second kappa shape index (κ2) is 5.91. The van der Waals surface area contributed by atoms with Crippen LogP contribution in [0, 0.1) is 18.3 Å². The summed E-state index contributed by atoms with van der Waals surface area (Å²) in [7, 11) is 0. The molecule has 2 rings (SSSR count). The fraction of sp³-hybridized carbons (Fsp3) is 0.429. The normalized spacial score (nSPS) is 22.7. The number of carbonyl (C=O) groups is 1. The summed E-state index contributed by atoms with van der Waals surface area (Å²) in [6.07, 6.45) is -9.89. The first-order valence-corrected chi connectivity index (χ1v) is 6.91. The van der Waals surface area contributed by atoms with Crippen molar-refractivity contribution in [3.63, 3.8) is 0 Å². The van der Waals surface area contributed by atoms with Gasteiger partial charge in [-0.05, 0) is 31.5 Å². The van der Waals surface area contributed by atoms with Gasteiger partial charge in [-0.25, -0.2) is 4.79 Å². The third-order valence-corrected chi connectivity index (χ3v) is 4.15. The number of anilines is 1. The van der Waals surface area contributed by atoms with Gasteiger partial charge < -0.3 is 9.84 Å². The van der Waals surface area contributed by atoms with E-state index in [1.54, 1.807) is 0 Å². The number of benzene rings is 1. The maximum atomic E-state index is 12.9. The van der Waals surface area contributed by atoms with Gasteiger partial charge >= 0.3 is 12.3 Å². The first kappa shape index (κ1) is 17.4. The molecule has 3 unspecified atom stereocenters. The van der Waals surface area contributed by atoms with Gasteiger partial charge in [0.15, 0.2) is 6.10 Å². The summed E-state index contributed by atoms with van der Waals surface area (Å²) >= 11 is 5.99. The minimum Gasteiger partial charge on any atom is -0.444 e. The van der Waals surface area contributed by atoms with Crippen LogP contribution in [-0.4, -0.2) is 35.6 Å². The Balaban J connectivity index is 2.54. The largest absolute Gasteiger partial charge is 0.444 e. The number of rotatable bonds is 2. The number of alkyl halides is 3. The van der Waals surface area contributed by atoms with Gasteiger partial charge in [0.2, 0.25) is 0 Å². The van der Waals surface area contributed by atoms with Gasteiger partial charge in [-0.3, -0.25) is 4.90 Å². The first-order valence-electron chi connectivity index (χ1n) is 6.53. The number of nitrogens with zero attached hydrogens (tertiary/aromatic N) is 2. The molecule has 1 N–H and O–H groups in total. The predicted octanol–water partition coefficient (Wildman–Crippen LogP) is 3.16. The summed E-state index contributed by atoms with van der Waals surface area (Å²) in [4.78, 5) is 12.7. The molecular formula is C14H12ClF3N2O3. The van der Waals surface area contributed by atoms with Gasteiger partial charge in [0, 0.05) is 0 Å². The highest BCUT2D eigenvalue weighted by Gasteiger charge is 2.54. The van der Waals surface area contributed by atoms with Crippen LogP contribution in [0.5, 0.6) is 0 Å². The molecule has 1 heterocycles. The predicted molar refractivity (Wildman–Crippen MR) is 75.2 cm³/mol. The van der Waals surface area contributed by atoms with Crippen molar-refractivity contribution in [3.05, 3.63) is 28.3 Å².